The van der Waals surface area contributed by atoms with Gasteiger partial charge in [-0.3, -0.25) is 14.9 Å². The molecule has 1 heterocycles. The molecule has 0 amide bonds. The second-order valence-corrected chi connectivity index (χ2v) is 17.0. The lowest BCUT2D eigenvalue weighted by molar-refractivity contribution is -0.124. The molecule has 0 spiro atoms. The van der Waals surface area contributed by atoms with Gasteiger partial charge in [0.2, 0.25) is 0 Å². The summed E-state index contributed by atoms with van der Waals surface area (Å²) >= 11 is 0. The van der Waals surface area contributed by atoms with Crippen molar-refractivity contribution in [1.29, 1.82) is 0 Å². The van der Waals surface area contributed by atoms with Crippen LogP contribution in [0, 0.1) is 0 Å². The Morgan fingerprint density at radius 1 is 0.944 bits per heavy atom. The van der Waals surface area contributed by atoms with E-state index in [1.807, 2.05) is 47.2 Å². The molecule has 2 aliphatic rings. The van der Waals surface area contributed by atoms with E-state index in [-0.39, 0.29) is 48.7 Å². The quantitative estimate of drug-likeness (QED) is 0.0780. The molecule has 54 heavy (non-hydrogen) atoms. The van der Waals surface area contributed by atoms with Crippen molar-refractivity contribution in [3.8, 4) is 28.4 Å². The minimum atomic E-state index is -0.465. The van der Waals surface area contributed by atoms with Crippen LogP contribution in [0.25, 0.3) is 21.9 Å². The van der Waals surface area contributed by atoms with Crippen LogP contribution in [0.4, 0.5) is 5.69 Å². The van der Waals surface area contributed by atoms with E-state index in [4.69, 9.17) is 9.47 Å². The number of fused-ring (bicyclic) bond motifs is 5. The Morgan fingerprint density at radius 2 is 1.74 bits per heavy atom. The second kappa shape index (κ2) is 19.2. The van der Waals surface area contributed by atoms with Gasteiger partial charge in [-0.25, -0.2) is 0 Å². The topological polar surface area (TPSA) is 137 Å². The summed E-state index contributed by atoms with van der Waals surface area (Å²) in [5.41, 5.74) is 5.90. The summed E-state index contributed by atoms with van der Waals surface area (Å²) in [7, 11) is 5.13. The zero-order valence-corrected chi connectivity index (χ0v) is 32.8. The molecule has 2 atom stereocenters. The highest BCUT2D eigenvalue weighted by molar-refractivity contribution is 8.76. The Balaban J connectivity index is 1.29. The van der Waals surface area contributed by atoms with Gasteiger partial charge in [0, 0.05) is 47.2 Å². The van der Waals surface area contributed by atoms with Gasteiger partial charge in [0.05, 0.1) is 26.4 Å². The minimum Gasteiger partial charge on any atom is -0.508 e. The van der Waals surface area contributed by atoms with Crippen molar-refractivity contribution < 1.29 is 34.4 Å². The average molecular weight is 773 g/mol. The van der Waals surface area contributed by atoms with Crippen molar-refractivity contribution in [2.75, 3.05) is 24.7 Å². The highest BCUT2D eigenvalue weighted by Gasteiger charge is 2.27. The van der Waals surface area contributed by atoms with Crippen molar-refractivity contribution in [2.24, 2.45) is 0 Å². The molecule has 9 nitrogen and oxygen atoms in total. The maximum absolute atomic E-state index is 13.9. The second-order valence-electron chi connectivity index (χ2n) is 14.4. The van der Waals surface area contributed by atoms with Crippen molar-refractivity contribution in [1.82, 2.24) is 5.32 Å². The maximum Gasteiger partial charge on any atom is 0.168 e. The van der Waals surface area contributed by atoms with Crippen molar-refractivity contribution in [2.45, 2.75) is 102 Å². The molecule has 1 saturated carbocycles. The van der Waals surface area contributed by atoms with Crippen molar-refractivity contribution >= 4 is 49.6 Å². The molecule has 11 heteroatoms. The first-order chi connectivity index (χ1) is 26.2. The molecule has 4 aromatic rings. The molecule has 0 aromatic heterocycles. The smallest absolute Gasteiger partial charge is 0.168 e. The standard InChI is InChI=1S/C43H52N2O7S2/c1-27(47)24-44-39-18-13-30(21-31(39)25-46)43(45-32-7-3-4-8-32)52-35-9-5-6-20-53-54-26-38-36(17-12-28-10-15-34(49)23-37(28)38)41-29(11-16-33(48)22-35)14-19-40(50)42(41)51-2/h10,12-15,17-19,21,23,32,35,43-46,49-50H,3-9,11,16,20,22,24-26H2,1-2H3/t35-,43-/m0/s1. The van der Waals surface area contributed by atoms with Crippen LogP contribution in [0.15, 0.2) is 60.7 Å². The molecule has 1 aliphatic heterocycles. The predicted octanol–water partition coefficient (Wildman–Crippen LogP) is 8.99. The molecular formula is C43H52N2O7S2. The molecule has 5 N–H and O–H groups in total. The highest BCUT2D eigenvalue weighted by atomic mass is 33.1. The van der Waals surface area contributed by atoms with E-state index in [1.165, 1.54) is 6.92 Å². The molecule has 4 aromatic carbocycles. The Labute approximate surface area is 326 Å². The van der Waals surface area contributed by atoms with Crippen LogP contribution in [-0.2, 0) is 33.1 Å². The number of ketones is 2. The number of phenols is 2. The van der Waals surface area contributed by atoms with E-state index in [0.29, 0.717) is 41.6 Å². The largest absolute Gasteiger partial charge is 0.508 e. The average Bonchev–Trinajstić information content (AvgIpc) is 3.68. The van der Waals surface area contributed by atoms with E-state index in [9.17, 15) is 24.9 Å². The van der Waals surface area contributed by atoms with Gasteiger partial charge in [0.1, 0.15) is 23.5 Å². The summed E-state index contributed by atoms with van der Waals surface area (Å²) in [6, 6.07) is 19.1. The first-order valence-corrected chi connectivity index (χ1v) is 21.5. The number of hydrogen-bond acceptors (Lipinski definition) is 11. The normalized spacial score (nSPS) is 18.2. The lowest BCUT2D eigenvalue weighted by atomic mass is 9.89. The number of carbonyl (C=O) groups excluding carboxylic acids is 2. The lowest BCUT2D eigenvalue weighted by Gasteiger charge is -2.29. The number of methoxy groups -OCH3 is 1. The van der Waals surface area contributed by atoms with Crippen LogP contribution in [-0.4, -0.2) is 58.4 Å². The summed E-state index contributed by atoms with van der Waals surface area (Å²) in [5, 5.41) is 40.5. The van der Waals surface area contributed by atoms with Crippen LogP contribution >= 0.6 is 21.6 Å². The first-order valence-electron chi connectivity index (χ1n) is 19.0. The zero-order chi connectivity index (χ0) is 38.0. The number of aliphatic hydroxyl groups is 1. The van der Waals surface area contributed by atoms with Crippen molar-refractivity contribution in [3.05, 3.63) is 82.9 Å². The number of aromatic hydroxyl groups is 2. The monoisotopic (exact) mass is 772 g/mol. The molecule has 6 rings (SSSR count). The molecular weight excluding hydrogens is 721 g/mol. The number of aryl methyl sites for hydroxylation is 1. The number of phenolic OH excluding ortho intramolecular Hbond substituents is 2. The summed E-state index contributed by atoms with van der Waals surface area (Å²) < 4.78 is 12.7. The molecule has 0 radical (unpaired) electrons. The van der Waals surface area contributed by atoms with Gasteiger partial charge in [0.25, 0.3) is 0 Å². The Morgan fingerprint density at radius 3 is 2.52 bits per heavy atom. The molecule has 1 fully saturated rings. The third-order valence-electron chi connectivity index (χ3n) is 10.4. The number of hydrogen-bond donors (Lipinski definition) is 5. The molecule has 288 valence electrons. The third-order valence-corrected chi connectivity index (χ3v) is 12.8. The fraction of sp³-hybridized carbons (Fsp3) is 0.442. The third kappa shape index (κ3) is 10.1. The first kappa shape index (κ1) is 39.9. The number of anilines is 1. The van der Waals surface area contributed by atoms with Crippen LogP contribution in [0.2, 0.25) is 0 Å². The van der Waals surface area contributed by atoms with Gasteiger partial charge < -0.3 is 30.1 Å². The highest BCUT2D eigenvalue weighted by Crippen LogP contribution is 2.46. The summed E-state index contributed by atoms with van der Waals surface area (Å²) in [5.74, 6) is 2.30. The van der Waals surface area contributed by atoms with E-state index in [2.05, 4.69) is 16.7 Å². The Hall–Kier alpha value is -3.74. The van der Waals surface area contributed by atoms with Crippen LogP contribution in [0.5, 0.6) is 17.2 Å². The fourth-order valence-corrected chi connectivity index (χ4v) is 9.90. The van der Waals surface area contributed by atoms with Gasteiger partial charge in [-0.05, 0) is 102 Å². The number of Topliss-reactive ketones (excluding diaryl/α,β-unsaturated/α-hetero) is 2. The molecule has 0 saturated heterocycles. The molecule has 1 aliphatic carbocycles. The number of aliphatic hydroxyl groups excluding tert-OH is 1. The number of carbonyl (C=O) groups is 2. The van der Waals surface area contributed by atoms with E-state index in [1.54, 1.807) is 36.1 Å². The van der Waals surface area contributed by atoms with Crippen LogP contribution in [0.1, 0.15) is 93.2 Å². The van der Waals surface area contributed by atoms with E-state index < -0.39 is 6.23 Å². The SMILES string of the molecule is COc1c(O)ccc2c1-c1ccc3ccc(O)cc3c1CSSCCCC[C@H](O[C@H](NC1CCCC1)c1ccc(NCC(C)=O)c(CO)c1)CC(=O)CC2. The predicted molar refractivity (Wildman–Crippen MR) is 219 cm³/mol. The lowest BCUT2D eigenvalue weighted by Crippen LogP contribution is -2.35. The van der Waals surface area contributed by atoms with Crippen LogP contribution in [0.3, 0.4) is 0 Å². The number of rotatable bonds is 10. The summed E-state index contributed by atoms with van der Waals surface area (Å²) in [4.78, 5) is 25.6. The van der Waals surface area contributed by atoms with Gasteiger partial charge >= 0.3 is 0 Å². The summed E-state index contributed by atoms with van der Waals surface area (Å²) in [6.45, 7) is 1.52. The Bertz CT molecular complexity index is 1930. The summed E-state index contributed by atoms with van der Waals surface area (Å²) in [6.07, 6.45) is 7.26. The van der Waals surface area contributed by atoms with E-state index in [0.717, 1.165) is 89.3 Å². The Kier molecular flexibility index (Phi) is 14.2. The van der Waals surface area contributed by atoms with Gasteiger partial charge in [-0.2, -0.15) is 0 Å². The zero-order valence-electron chi connectivity index (χ0n) is 31.2. The van der Waals surface area contributed by atoms with Gasteiger partial charge in [-0.15, -0.1) is 0 Å². The number of ether oxygens (including phenoxy) is 2. The van der Waals surface area contributed by atoms with E-state index >= 15 is 0 Å². The van der Waals surface area contributed by atoms with Gasteiger partial charge in [0.15, 0.2) is 11.5 Å². The van der Waals surface area contributed by atoms with Crippen LogP contribution < -0.4 is 15.4 Å². The minimum absolute atomic E-state index is 0.00843. The van der Waals surface area contributed by atoms with Crippen molar-refractivity contribution in [3.63, 3.8) is 0 Å². The molecule has 0 unspecified atom stereocenters. The number of benzene rings is 4. The number of nitrogens with one attached hydrogen (secondary N) is 2. The maximum atomic E-state index is 13.9. The molecule has 0 bridgehead atoms. The fourth-order valence-electron chi connectivity index (χ4n) is 7.64. The van der Waals surface area contributed by atoms with Gasteiger partial charge in [-0.1, -0.05) is 71.2 Å².